The Bertz CT molecular complexity index is 1130. The van der Waals surface area contributed by atoms with Crippen molar-refractivity contribution < 1.29 is 32.2 Å². The van der Waals surface area contributed by atoms with Gasteiger partial charge in [0.25, 0.3) is 0 Å². The number of carbonyl (C=O) groups is 2. The lowest BCUT2D eigenvalue weighted by Crippen LogP contribution is -2.63. The molecule has 0 aliphatic carbocycles. The van der Waals surface area contributed by atoms with Gasteiger partial charge in [-0.1, -0.05) is 36.4 Å². The van der Waals surface area contributed by atoms with Crippen LogP contribution >= 0.6 is 0 Å². The summed E-state index contributed by atoms with van der Waals surface area (Å²) in [5.41, 5.74) is -0.624. The van der Waals surface area contributed by atoms with Crippen LogP contribution in [0.25, 0.3) is 11.1 Å². The second kappa shape index (κ2) is 11.2. The van der Waals surface area contributed by atoms with E-state index in [4.69, 9.17) is 9.47 Å². The van der Waals surface area contributed by atoms with Crippen LogP contribution in [0.5, 0.6) is 0 Å². The third-order valence-corrected chi connectivity index (χ3v) is 5.92. The fraction of sp³-hybridized carbons (Fsp3) is 0.444. The van der Waals surface area contributed by atoms with Crippen molar-refractivity contribution in [1.29, 1.82) is 5.26 Å². The number of nitrogens with zero attached hydrogens (tertiary/aromatic N) is 1. The van der Waals surface area contributed by atoms with Gasteiger partial charge in [-0.2, -0.15) is 18.4 Å². The first-order valence-electron chi connectivity index (χ1n) is 11.9. The average molecular weight is 518 g/mol. The zero-order chi connectivity index (χ0) is 27.3. The molecular weight excluding hydrogens is 487 g/mol. The largest absolute Gasteiger partial charge is 0.444 e. The molecule has 1 unspecified atom stereocenters. The number of ether oxygens (including phenoxy) is 2. The van der Waals surface area contributed by atoms with Gasteiger partial charge >= 0.3 is 12.3 Å². The Hall–Kier alpha value is -3.58. The molecule has 1 saturated heterocycles. The summed E-state index contributed by atoms with van der Waals surface area (Å²) in [4.78, 5) is 25.7. The minimum absolute atomic E-state index is 0.203. The van der Waals surface area contributed by atoms with Crippen molar-refractivity contribution in [3.05, 3.63) is 59.7 Å². The first-order valence-corrected chi connectivity index (χ1v) is 11.9. The van der Waals surface area contributed by atoms with Gasteiger partial charge in [0.05, 0.1) is 11.6 Å². The molecule has 37 heavy (non-hydrogen) atoms. The number of carbonyl (C=O) groups excluding carboxylic acids is 2. The van der Waals surface area contributed by atoms with Crippen molar-refractivity contribution >= 4 is 12.0 Å². The second-order valence-electron chi connectivity index (χ2n) is 9.95. The van der Waals surface area contributed by atoms with Crippen LogP contribution < -0.4 is 10.6 Å². The van der Waals surface area contributed by atoms with E-state index in [2.05, 4.69) is 16.7 Å². The van der Waals surface area contributed by atoms with Crippen LogP contribution in [-0.4, -0.2) is 42.4 Å². The Balaban J connectivity index is 1.67. The summed E-state index contributed by atoms with van der Waals surface area (Å²) in [5.74, 6) is -0.491. The molecule has 1 atom stereocenters. The van der Waals surface area contributed by atoms with Crippen LogP contribution in [0.15, 0.2) is 48.5 Å². The Kier molecular flexibility index (Phi) is 8.49. The monoisotopic (exact) mass is 517 g/mol. The average Bonchev–Trinajstić information content (AvgIpc) is 2.83. The number of halogens is 3. The van der Waals surface area contributed by atoms with E-state index < -0.39 is 40.9 Å². The van der Waals surface area contributed by atoms with Crippen molar-refractivity contribution in [3.8, 4) is 17.2 Å². The molecular formula is C27H30F3N3O4. The maximum Gasteiger partial charge on any atom is 0.416 e. The van der Waals surface area contributed by atoms with Crippen LogP contribution in [0.1, 0.15) is 44.7 Å². The number of benzene rings is 2. The Morgan fingerprint density at radius 1 is 1.03 bits per heavy atom. The maximum atomic E-state index is 13.2. The number of amides is 2. The van der Waals surface area contributed by atoms with Crippen LogP contribution in [-0.2, 0) is 26.9 Å². The SMILES string of the molecule is CC(C)(C)OC(=O)NC1(C(=O)NC(C#N)Cc2ccc(-c3ccc(C(F)(F)F)cc3)cc2)CCOCC1. The number of nitrogens with one attached hydrogen (secondary N) is 2. The molecule has 0 aromatic heterocycles. The zero-order valence-electron chi connectivity index (χ0n) is 20.9. The van der Waals surface area contributed by atoms with E-state index in [9.17, 15) is 28.0 Å². The topological polar surface area (TPSA) is 100 Å². The summed E-state index contributed by atoms with van der Waals surface area (Å²) in [6.45, 7) is 5.70. The predicted octanol–water partition coefficient (Wildman–Crippen LogP) is 5.00. The molecule has 1 aliphatic rings. The highest BCUT2D eigenvalue weighted by atomic mass is 19.4. The lowest BCUT2D eigenvalue weighted by atomic mass is 9.88. The minimum atomic E-state index is -4.40. The Morgan fingerprint density at radius 3 is 2.05 bits per heavy atom. The zero-order valence-corrected chi connectivity index (χ0v) is 20.9. The molecule has 2 aromatic rings. The van der Waals surface area contributed by atoms with Crippen LogP contribution in [0.4, 0.5) is 18.0 Å². The summed E-state index contributed by atoms with van der Waals surface area (Å²) in [6, 6.07) is 13.1. The standard InChI is InChI=1S/C27H30F3N3O4/c1-25(2,3)37-24(35)33-26(12-14-36-15-13-26)23(34)32-22(17-31)16-18-4-6-19(7-5-18)20-8-10-21(11-9-20)27(28,29)30/h4-11,22H,12-16H2,1-3H3,(H,32,34)(H,33,35). The summed E-state index contributed by atoms with van der Waals surface area (Å²) in [7, 11) is 0. The third kappa shape index (κ3) is 7.70. The predicted molar refractivity (Wildman–Crippen MR) is 130 cm³/mol. The lowest BCUT2D eigenvalue weighted by Gasteiger charge is -2.37. The number of hydrogen-bond acceptors (Lipinski definition) is 5. The molecule has 10 heteroatoms. The number of alkyl carbamates (subject to hydrolysis) is 1. The van der Waals surface area contributed by atoms with Gasteiger partial charge < -0.3 is 20.1 Å². The molecule has 198 valence electrons. The fourth-order valence-electron chi connectivity index (χ4n) is 3.97. The Labute approximate surface area is 213 Å². The van der Waals surface area contributed by atoms with Gasteiger partial charge in [0, 0.05) is 32.5 Å². The van der Waals surface area contributed by atoms with Crippen molar-refractivity contribution in [1.82, 2.24) is 10.6 Å². The van der Waals surface area contributed by atoms with E-state index in [0.717, 1.165) is 23.3 Å². The minimum Gasteiger partial charge on any atom is -0.444 e. The van der Waals surface area contributed by atoms with E-state index in [1.165, 1.54) is 12.1 Å². The van der Waals surface area contributed by atoms with E-state index in [1.54, 1.807) is 45.0 Å². The third-order valence-electron chi connectivity index (χ3n) is 5.92. The van der Waals surface area contributed by atoms with Gasteiger partial charge in [0.1, 0.15) is 17.2 Å². The molecule has 2 amide bonds. The molecule has 1 aliphatic heterocycles. The first-order chi connectivity index (χ1) is 17.3. The lowest BCUT2D eigenvalue weighted by molar-refractivity contribution is -0.137. The molecule has 0 spiro atoms. The highest BCUT2D eigenvalue weighted by Crippen LogP contribution is 2.31. The summed E-state index contributed by atoms with van der Waals surface area (Å²) < 4.78 is 49.1. The molecule has 0 radical (unpaired) electrons. The van der Waals surface area contributed by atoms with Gasteiger partial charge in [0.15, 0.2) is 0 Å². The summed E-state index contributed by atoms with van der Waals surface area (Å²) >= 11 is 0. The first kappa shape index (κ1) is 28.0. The number of alkyl halides is 3. The van der Waals surface area contributed by atoms with Crippen molar-refractivity contribution in [2.45, 2.75) is 63.4 Å². The normalized spacial score (nSPS) is 16.2. The highest BCUT2D eigenvalue weighted by Gasteiger charge is 2.43. The van der Waals surface area contributed by atoms with Gasteiger partial charge in [-0.3, -0.25) is 4.79 Å². The van der Waals surface area contributed by atoms with Crippen molar-refractivity contribution in [3.63, 3.8) is 0 Å². The second-order valence-corrected chi connectivity index (χ2v) is 9.95. The molecule has 0 saturated carbocycles. The number of hydrogen-bond donors (Lipinski definition) is 2. The van der Waals surface area contributed by atoms with Gasteiger partial charge in [0.2, 0.25) is 5.91 Å². The molecule has 1 heterocycles. The van der Waals surface area contributed by atoms with E-state index in [-0.39, 0.29) is 32.5 Å². The van der Waals surface area contributed by atoms with E-state index >= 15 is 0 Å². The number of rotatable bonds is 6. The molecule has 2 aromatic carbocycles. The van der Waals surface area contributed by atoms with Gasteiger partial charge in [-0.25, -0.2) is 4.79 Å². The van der Waals surface area contributed by atoms with Crippen molar-refractivity contribution in [2.24, 2.45) is 0 Å². The van der Waals surface area contributed by atoms with Crippen LogP contribution in [0.3, 0.4) is 0 Å². The molecule has 0 bridgehead atoms. The smallest absolute Gasteiger partial charge is 0.416 e. The van der Waals surface area contributed by atoms with E-state index in [0.29, 0.717) is 5.56 Å². The van der Waals surface area contributed by atoms with Crippen molar-refractivity contribution in [2.75, 3.05) is 13.2 Å². The van der Waals surface area contributed by atoms with Crippen LogP contribution in [0, 0.1) is 11.3 Å². The van der Waals surface area contributed by atoms with Gasteiger partial charge in [-0.15, -0.1) is 0 Å². The van der Waals surface area contributed by atoms with E-state index in [1.807, 2.05) is 0 Å². The molecule has 2 N–H and O–H groups in total. The Morgan fingerprint density at radius 2 is 1.57 bits per heavy atom. The maximum absolute atomic E-state index is 13.2. The fourth-order valence-corrected chi connectivity index (χ4v) is 3.97. The van der Waals surface area contributed by atoms with Crippen LogP contribution in [0.2, 0.25) is 0 Å². The molecule has 7 nitrogen and oxygen atoms in total. The summed E-state index contributed by atoms with van der Waals surface area (Å²) in [5, 5.41) is 15.1. The van der Waals surface area contributed by atoms with Gasteiger partial charge in [-0.05, 0) is 49.6 Å². The highest BCUT2D eigenvalue weighted by molar-refractivity contribution is 5.90. The summed E-state index contributed by atoms with van der Waals surface area (Å²) in [6.07, 6.45) is -4.45. The number of nitriles is 1. The quantitative estimate of drug-likeness (QED) is 0.562. The molecule has 3 rings (SSSR count). The molecule has 1 fully saturated rings.